The quantitative estimate of drug-likeness (QED) is 0.623. The third-order valence-corrected chi connectivity index (χ3v) is 3.51. The highest BCUT2D eigenvalue weighted by atomic mass is 79.9. The number of ether oxygens (including phenoxy) is 2. The predicted molar refractivity (Wildman–Crippen MR) is 87.4 cm³/mol. The Balaban J connectivity index is 1.86. The van der Waals surface area contributed by atoms with Gasteiger partial charge in [0.25, 0.3) is 0 Å². The molecule has 6 heteroatoms. The molecular formula is C15H13BrFNO2S. The first-order valence-electron chi connectivity index (χ1n) is 6.17. The van der Waals surface area contributed by atoms with Gasteiger partial charge in [0.1, 0.15) is 35.5 Å². The lowest BCUT2D eigenvalue weighted by molar-refractivity contribution is 0.216. The van der Waals surface area contributed by atoms with Gasteiger partial charge in [-0.05, 0) is 40.2 Å². The van der Waals surface area contributed by atoms with Gasteiger partial charge >= 0.3 is 0 Å². The molecule has 0 aromatic heterocycles. The van der Waals surface area contributed by atoms with Crippen LogP contribution in [0.15, 0.2) is 46.9 Å². The molecule has 2 N–H and O–H groups in total. The van der Waals surface area contributed by atoms with Crippen LogP contribution in [-0.2, 0) is 0 Å². The number of hydrogen-bond donors (Lipinski definition) is 1. The van der Waals surface area contributed by atoms with Crippen molar-refractivity contribution in [3.63, 3.8) is 0 Å². The molecule has 0 spiro atoms. The van der Waals surface area contributed by atoms with Gasteiger partial charge in [0, 0.05) is 11.6 Å². The van der Waals surface area contributed by atoms with Crippen molar-refractivity contribution in [2.24, 2.45) is 5.73 Å². The second-order valence-corrected chi connectivity index (χ2v) is 5.46. The van der Waals surface area contributed by atoms with Crippen molar-refractivity contribution in [1.29, 1.82) is 0 Å². The number of halogens is 2. The van der Waals surface area contributed by atoms with Gasteiger partial charge in [0.05, 0.1) is 4.47 Å². The second-order valence-electron chi connectivity index (χ2n) is 4.16. The smallest absolute Gasteiger partial charge is 0.136 e. The van der Waals surface area contributed by atoms with Crippen LogP contribution in [-0.4, -0.2) is 18.2 Å². The Morgan fingerprint density at radius 2 is 1.90 bits per heavy atom. The molecular weight excluding hydrogens is 357 g/mol. The van der Waals surface area contributed by atoms with E-state index in [4.69, 9.17) is 27.4 Å². The van der Waals surface area contributed by atoms with Gasteiger partial charge in [-0.3, -0.25) is 0 Å². The van der Waals surface area contributed by atoms with E-state index in [-0.39, 0.29) is 5.82 Å². The maximum atomic E-state index is 13.1. The predicted octanol–water partition coefficient (Wildman–Crippen LogP) is 3.68. The number of hydrogen-bond acceptors (Lipinski definition) is 3. The van der Waals surface area contributed by atoms with Crippen LogP contribution in [0.2, 0.25) is 0 Å². The SMILES string of the molecule is NC(=S)c1cccc(OCCOc2cc(F)ccc2Br)c1. The lowest BCUT2D eigenvalue weighted by Crippen LogP contribution is -2.11. The molecule has 0 aliphatic heterocycles. The van der Waals surface area contributed by atoms with Gasteiger partial charge in [-0.25, -0.2) is 4.39 Å². The molecule has 2 rings (SSSR count). The molecule has 0 saturated heterocycles. The summed E-state index contributed by atoms with van der Waals surface area (Å²) in [6.07, 6.45) is 0. The monoisotopic (exact) mass is 369 g/mol. The van der Waals surface area contributed by atoms with E-state index in [0.29, 0.717) is 34.2 Å². The van der Waals surface area contributed by atoms with Crippen molar-refractivity contribution in [1.82, 2.24) is 0 Å². The van der Waals surface area contributed by atoms with E-state index in [1.807, 2.05) is 12.1 Å². The summed E-state index contributed by atoms with van der Waals surface area (Å²) in [4.78, 5) is 0.320. The zero-order chi connectivity index (χ0) is 15.2. The Hall–Kier alpha value is -1.66. The van der Waals surface area contributed by atoms with Crippen LogP contribution in [0.3, 0.4) is 0 Å². The van der Waals surface area contributed by atoms with Crippen LogP contribution >= 0.6 is 28.1 Å². The van der Waals surface area contributed by atoms with E-state index >= 15 is 0 Å². The Morgan fingerprint density at radius 1 is 1.14 bits per heavy atom. The Labute approximate surface area is 136 Å². The summed E-state index contributed by atoms with van der Waals surface area (Å²) in [6.45, 7) is 0.614. The summed E-state index contributed by atoms with van der Waals surface area (Å²) in [5.74, 6) is 0.746. The van der Waals surface area contributed by atoms with Gasteiger partial charge in [-0.2, -0.15) is 0 Å². The van der Waals surface area contributed by atoms with E-state index in [0.717, 1.165) is 5.56 Å². The Bertz CT molecular complexity index is 651. The minimum atomic E-state index is -0.349. The maximum absolute atomic E-state index is 13.1. The number of benzene rings is 2. The largest absolute Gasteiger partial charge is 0.490 e. The molecule has 0 aliphatic carbocycles. The summed E-state index contributed by atoms with van der Waals surface area (Å²) in [5, 5.41) is 0. The summed E-state index contributed by atoms with van der Waals surface area (Å²) in [6, 6.07) is 11.5. The van der Waals surface area contributed by atoms with Crippen molar-refractivity contribution in [3.05, 3.63) is 58.3 Å². The molecule has 0 bridgehead atoms. The minimum absolute atomic E-state index is 0.291. The zero-order valence-corrected chi connectivity index (χ0v) is 13.4. The van der Waals surface area contributed by atoms with E-state index in [1.54, 1.807) is 18.2 Å². The average molecular weight is 370 g/mol. The van der Waals surface area contributed by atoms with Gasteiger partial charge in [0.15, 0.2) is 0 Å². The van der Waals surface area contributed by atoms with Crippen LogP contribution in [0, 0.1) is 5.82 Å². The summed E-state index contributed by atoms with van der Waals surface area (Å²) in [7, 11) is 0. The highest BCUT2D eigenvalue weighted by molar-refractivity contribution is 9.10. The highest BCUT2D eigenvalue weighted by Crippen LogP contribution is 2.25. The first-order chi connectivity index (χ1) is 10.1. The molecule has 110 valence electrons. The van der Waals surface area contributed by atoms with Crippen molar-refractivity contribution in [3.8, 4) is 11.5 Å². The molecule has 0 fully saturated rings. The van der Waals surface area contributed by atoms with E-state index in [9.17, 15) is 4.39 Å². The normalized spacial score (nSPS) is 10.2. The van der Waals surface area contributed by atoms with Gasteiger partial charge in [0.2, 0.25) is 0 Å². The van der Waals surface area contributed by atoms with Crippen molar-refractivity contribution in [2.45, 2.75) is 0 Å². The topological polar surface area (TPSA) is 44.5 Å². The molecule has 0 saturated carbocycles. The lowest BCUT2D eigenvalue weighted by atomic mass is 10.2. The molecule has 0 unspecified atom stereocenters. The Kier molecular flexibility index (Phi) is 5.52. The van der Waals surface area contributed by atoms with Crippen molar-refractivity contribution in [2.75, 3.05) is 13.2 Å². The number of rotatable bonds is 6. The fraction of sp³-hybridized carbons (Fsp3) is 0.133. The molecule has 21 heavy (non-hydrogen) atoms. The summed E-state index contributed by atoms with van der Waals surface area (Å²) < 4.78 is 24.8. The fourth-order valence-electron chi connectivity index (χ4n) is 1.64. The van der Waals surface area contributed by atoms with Crippen molar-refractivity contribution >= 4 is 33.1 Å². The standard InChI is InChI=1S/C15H13BrFNO2S/c16-13-5-4-11(17)9-14(13)20-7-6-19-12-3-1-2-10(8-12)15(18)21/h1-5,8-9H,6-7H2,(H2,18,21). The van der Waals surface area contributed by atoms with Gasteiger partial charge in [-0.1, -0.05) is 24.4 Å². The first kappa shape index (κ1) is 15.7. The highest BCUT2D eigenvalue weighted by Gasteiger charge is 2.03. The van der Waals surface area contributed by atoms with Crippen LogP contribution in [0.4, 0.5) is 4.39 Å². The van der Waals surface area contributed by atoms with Crippen LogP contribution in [0.1, 0.15) is 5.56 Å². The van der Waals surface area contributed by atoms with Gasteiger partial charge < -0.3 is 15.2 Å². The van der Waals surface area contributed by atoms with E-state index in [1.165, 1.54) is 12.1 Å². The van der Waals surface area contributed by atoms with Crippen LogP contribution in [0.25, 0.3) is 0 Å². The van der Waals surface area contributed by atoms with Gasteiger partial charge in [-0.15, -0.1) is 0 Å². The fourth-order valence-corrected chi connectivity index (χ4v) is 2.13. The average Bonchev–Trinajstić information content (AvgIpc) is 2.47. The number of nitrogens with two attached hydrogens (primary N) is 1. The van der Waals surface area contributed by atoms with Crippen LogP contribution < -0.4 is 15.2 Å². The molecule has 3 nitrogen and oxygen atoms in total. The second kappa shape index (κ2) is 7.38. The van der Waals surface area contributed by atoms with Crippen molar-refractivity contribution < 1.29 is 13.9 Å². The lowest BCUT2D eigenvalue weighted by Gasteiger charge is -2.10. The first-order valence-corrected chi connectivity index (χ1v) is 7.37. The zero-order valence-electron chi connectivity index (χ0n) is 11.0. The van der Waals surface area contributed by atoms with E-state index in [2.05, 4.69) is 15.9 Å². The minimum Gasteiger partial charge on any atom is -0.490 e. The molecule has 0 amide bonds. The summed E-state index contributed by atoms with van der Waals surface area (Å²) >= 11 is 8.20. The summed E-state index contributed by atoms with van der Waals surface area (Å²) in [5.41, 5.74) is 6.30. The molecule has 0 atom stereocenters. The third kappa shape index (κ3) is 4.68. The van der Waals surface area contributed by atoms with Crippen LogP contribution in [0.5, 0.6) is 11.5 Å². The molecule has 0 aliphatic rings. The Morgan fingerprint density at radius 3 is 2.67 bits per heavy atom. The maximum Gasteiger partial charge on any atom is 0.136 e. The molecule has 0 heterocycles. The number of thiocarbonyl (C=S) groups is 1. The third-order valence-electron chi connectivity index (χ3n) is 2.62. The molecule has 0 radical (unpaired) electrons. The molecule has 2 aromatic carbocycles. The molecule has 2 aromatic rings. The van der Waals surface area contributed by atoms with E-state index < -0.39 is 0 Å².